The highest BCUT2D eigenvalue weighted by atomic mass is 16.6. The van der Waals surface area contributed by atoms with Crippen LogP contribution < -0.4 is 21.9 Å². The van der Waals surface area contributed by atoms with Crippen LogP contribution in [-0.2, 0) is 18.8 Å². The zero-order valence-electron chi connectivity index (χ0n) is 18.6. The largest absolute Gasteiger partial charge is 0.454 e. The van der Waals surface area contributed by atoms with E-state index < -0.39 is 40.1 Å². The van der Waals surface area contributed by atoms with Crippen molar-refractivity contribution in [1.29, 1.82) is 0 Å². The van der Waals surface area contributed by atoms with Crippen LogP contribution in [0, 0.1) is 16.0 Å². The van der Waals surface area contributed by atoms with E-state index in [2.05, 4.69) is 6.92 Å². The third-order valence-corrected chi connectivity index (χ3v) is 5.73. The van der Waals surface area contributed by atoms with E-state index >= 15 is 0 Å². The minimum atomic E-state index is -0.967. The first-order chi connectivity index (χ1) is 15.5. The minimum absolute atomic E-state index is 0.107. The number of anilines is 2. The smallest absolute Gasteiger partial charge is 0.338 e. The number of nitrogens with zero attached hydrogens (tertiary/aromatic N) is 4. The molecule has 0 aliphatic carbocycles. The first kappa shape index (κ1) is 23.7. The van der Waals surface area contributed by atoms with E-state index in [4.69, 9.17) is 10.5 Å². The third-order valence-electron chi connectivity index (χ3n) is 5.73. The molecule has 12 heteroatoms. The SMILES string of the molecule is CC1CCCN(c2ccc(C(=O)OCC(=O)c3c(N)n(C)c(=O)n(C)c3=O)cc2[N+](=O)[O-])C1. The Labute approximate surface area is 188 Å². The number of rotatable bonds is 6. The molecular weight excluding hydrogens is 434 g/mol. The summed E-state index contributed by atoms with van der Waals surface area (Å²) >= 11 is 0. The number of nitrogens with two attached hydrogens (primary N) is 1. The lowest BCUT2D eigenvalue weighted by atomic mass is 9.99. The van der Waals surface area contributed by atoms with Crippen LogP contribution in [0.3, 0.4) is 0 Å². The van der Waals surface area contributed by atoms with Crippen LogP contribution in [0.2, 0.25) is 0 Å². The number of hydrogen-bond acceptors (Lipinski definition) is 9. The number of nitro benzene ring substituents is 1. The second-order valence-corrected chi connectivity index (χ2v) is 8.12. The molecule has 1 saturated heterocycles. The van der Waals surface area contributed by atoms with Gasteiger partial charge in [0.05, 0.1) is 10.5 Å². The maximum Gasteiger partial charge on any atom is 0.338 e. The van der Waals surface area contributed by atoms with Crippen LogP contribution in [0.25, 0.3) is 0 Å². The number of esters is 1. The van der Waals surface area contributed by atoms with E-state index in [1.165, 1.54) is 26.2 Å². The fraction of sp³-hybridized carbons (Fsp3) is 0.429. The molecule has 33 heavy (non-hydrogen) atoms. The Kier molecular flexibility index (Phi) is 6.65. The summed E-state index contributed by atoms with van der Waals surface area (Å²) in [5.74, 6) is -1.82. The summed E-state index contributed by atoms with van der Waals surface area (Å²) in [6, 6.07) is 4.00. The molecule has 0 saturated carbocycles. The van der Waals surface area contributed by atoms with Crippen molar-refractivity contribution < 1.29 is 19.2 Å². The zero-order chi connectivity index (χ0) is 24.4. The van der Waals surface area contributed by atoms with Gasteiger partial charge in [0.15, 0.2) is 6.61 Å². The standard InChI is InChI=1S/C21H25N5O7/c1-12-5-4-8-25(10-12)14-7-6-13(9-15(14)26(31)32)20(29)33-11-16(27)17-18(22)23(2)21(30)24(3)19(17)28/h6-7,9,12H,4-5,8,10-11,22H2,1-3H3. The summed E-state index contributed by atoms with van der Waals surface area (Å²) in [5.41, 5.74) is 3.71. The second-order valence-electron chi connectivity index (χ2n) is 8.12. The summed E-state index contributed by atoms with van der Waals surface area (Å²) in [6.07, 6.45) is 1.96. The lowest BCUT2D eigenvalue weighted by Crippen LogP contribution is -2.42. The van der Waals surface area contributed by atoms with Crippen molar-refractivity contribution in [3.63, 3.8) is 0 Å². The average molecular weight is 459 g/mol. The highest BCUT2D eigenvalue weighted by molar-refractivity contribution is 6.02. The van der Waals surface area contributed by atoms with Crippen molar-refractivity contribution in [1.82, 2.24) is 9.13 Å². The Morgan fingerprint density at radius 2 is 1.94 bits per heavy atom. The lowest BCUT2D eigenvalue weighted by Gasteiger charge is -2.32. The van der Waals surface area contributed by atoms with Gasteiger partial charge in [0.1, 0.15) is 17.1 Å². The molecule has 176 valence electrons. The Morgan fingerprint density at radius 3 is 2.58 bits per heavy atom. The van der Waals surface area contributed by atoms with Crippen LogP contribution in [0.4, 0.5) is 17.2 Å². The van der Waals surface area contributed by atoms with Gasteiger partial charge in [-0.15, -0.1) is 0 Å². The summed E-state index contributed by atoms with van der Waals surface area (Å²) in [4.78, 5) is 62.1. The molecule has 2 N–H and O–H groups in total. The van der Waals surface area contributed by atoms with Gasteiger partial charge < -0.3 is 15.4 Å². The van der Waals surface area contributed by atoms with Crippen LogP contribution in [0.5, 0.6) is 0 Å². The number of piperidine rings is 1. The molecule has 3 rings (SSSR count). The Balaban J connectivity index is 1.81. The molecule has 12 nitrogen and oxygen atoms in total. The van der Waals surface area contributed by atoms with Gasteiger partial charge in [0.2, 0.25) is 5.78 Å². The summed E-state index contributed by atoms with van der Waals surface area (Å²) in [5, 5.41) is 11.6. The number of carbonyl (C=O) groups is 2. The number of ether oxygens (including phenoxy) is 1. The molecule has 0 spiro atoms. The minimum Gasteiger partial charge on any atom is -0.454 e. The summed E-state index contributed by atoms with van der Waals surface area (Å²) < 4.78 is 6.63. The molecule has 1 atom stereocenters. The van der Waals surface area contributed by atoms with Gasteiger partial charge in [-0.2, -0.15) is 0 Å². The predicted molar refractivity (Wildman–Crippen MR) is 120 cm³/mol. The number of benzene rings is 1. The molecule has 0 bridgehead atoms. The fourth-order valence-corrected chi connectivity index (χ4v) is 3.88. The zero-order valence-corrected chi connectivity index (χ0v) is 18.6. The molecule has 2 heterocycles. The van der Waals surface area contributed by atoms with Crippen molar-refractivity contribution >= 4 is 28.9 Å². The van der Waals surface area contributed by atoms with Crippen molar-refractivity contribution in [2.75, 3.05) is 30.3 Å². The third kappa shape index (κ3) is 4.64. The molecule has 1 aromatic heterocycles. The van der Waals surface area contributed by atoms with E-state index in [-0.39, 0.29) is 17.1 Å². The van der Waals surface area contributed by atoms with Crippen molar-refractivity contribution in [3.05, 3.63) is 60.3 Å². The van der Waals surface area contributed by atoms with E-state index in [9.17, 15) is 29.3 Å². The van der Waals surface area contributed by atoms with E-state index in [0.29, 0.717) is 24.7 Å². The summed E-state index contributed by atoms with van der Waals surface area (Å²) in [7, 11) is 2.49. The first-order valence-electron chi connectivity index (χ1n) is 10.3. The van der Waals surface area contributed by atoms with E-state index in [1.54, 1.807) is 0 Å². The number of ketones is 1. The number of nitro groups is 1. The van der Waals surface area contributed by atoms with E-state index in [0.717, 1.165) is 28.0 Å². The van der Waals surface area contributed by atoms with Gasteiger partial charge >= 0.3 is 11.7 Å². The van der Waals surface area contributed by atoms with Gasteiger partial charge in [0, 0.05) is 33.3 Å². The number of carbonyl (C=O) groups excluding carboxylic acids is 2. The van der Waals surface area contributed by atoms with Gasteiger partial charge in [0.25, 0.3) is 11.2 Å². The number of nitrogen functional groups attached to an aromatic ring is 1. The van der Waals surface area contributed by atoms with Crippen LogP contribution >= 0.6 is 0 Å². The van der Waals surface area contributed by atoms with Crippen LogP contribution in [0.1, 0.15) is 40.5 Å². The fourth-order valence-electron chi connectivity index (χ4n) is 3.88. The molecule has 0 radical (unpaired) electrons. The molecule has 1 aliphatic rings. The Bertz CT molecular complexity index is 1250. The van der Waals surface area contributed by atoms with Gasteiger partial charge in [-0.05, 0) is 30.9 Å². The molecule has 1 aliphatic heterocycles. The maximum absolute atomic E-state index is 12.5. The lowest BCUT2D eigenvalue weighted by molar-refractivity contribution is -0.384. The maximum atomic E-state index is 12.5. The van der Waals surface area contributed by atoms with Crippen molar-refractivity contribution in [3.8, 4) is 0 Å². The number of hydrogen-bond donors (Lipinski definition) is 1. The molecular formula is C21H25N5O7. The predicted octanol–water partition coefficient (Wildman–Crippen LogP) is 0.850. The van der Waals surface area contributed by atoms with E-state index in [1.807, 2.05) is 4.90 Å². The molecule has 1 fully saturated rings. The van der Waals surface area contributed by atoms with Gasteiger partial charge in [-0.25, -0.2) is 9.59 Å². The number of aromatic nitrogens is 2. The second kappa shape index (κ2) is 9.27. The molecule has 2 aromatic rings. The van der Waals surface area contributed by atoms with Gasteiger partial charge in [-0.1, -0.05) is 6.92 Å². The highest BCUT2D eigenvalue weighted by Gasteiger charge is 2.26. The summed E-state index contributed by atoms with van der Waals surface area (Å²) in [6.45, 7) is 2.61. The average Bonchev–Trinajstić information content (AvgIpc) is 2.79. The number of Topliss-reactive ketones (excluding diaryl/α,β-unsaturated/α-hetero) is 1. The molecule has 1 unspecified atom stereocenters. The Morgan fingerprint density at radius 1 is 1.24 bits per heavy atom. The van der Waals surface area contributed by atoms with Crippen molar-refractivity contribution in [2.24, 2.45) is 20.0 Å². The van der Waals surface area contributed by atoms with Gasteiger partial charge in [-0.3, -0.25) is 28.8 Å². The van der Waals surface area contributed by atoms with Crippen LogP contribution in [-0.4, -0.2) is 45.5 Å². The molecule has 0 amide bonds. The normalized spacial score (nSPS) is 15.8. The monoisotopic (exact) mass is 459 g/mol. The van der Waals surface area contributed by atoms with Crippen molar-refractivity contribution in [2.45, 2.75) is 19.8 Å². The highest BCUT2D eigenvalue weighted by Crippen LogP contribution is 2.32. The topological polar surface area (TPSA) is 160 Å². The quantitative estimate of drug-likeness (QED) is 0.286. The van der Waals surface area contributed by atoms with Crippen LogP contribution in [0.15, 0.2) is 27.8 Å². The molecule has 1 aromatic carbocycles. The Hall–Kier alpha value is -3.96. The first-order valence-corrected chi connectivity index (χ1v) is 10.3.